The minimum Gasteiger partial charge on any atom is -0.462 e. The molecule has 7 heteroatoms. The summed E-state index contributed by atoms with van der Waals surface area (Å²) in [6, 6.07) is 2.26. The Morgan fingerprint density at radius 3 is 2.33 bits per heavy atom. The Morgan fingerprint density at radius 1 is 1.42 bits per heavy atom. The molecule has 0 aliphatic rings. The van der Waals surface area contributed by atoms with Gasteiger partial charge in [0.2, 0.25) is 0 Å². The molecular weight excluding hydrogens is 188 g/mol. The van der Waals surface area contributed by atoms with Crippen LogP contribution in [0.2, 0.25) is 0 Å². The summed E-state index contributed by atoms with van der Waals surface area (Å²) < 4.78 is 33.4. The fourth-order valence-corrected chi connectivity index (χ4v) is 0.961. The first-order valence-corrected chi connectivity index (χ1v) is 4.25. The van der Waals surface area contributed by atoms with Crippen LogP contribution in [0.3, 0.4) is 0 Å². The largest absolute Gasteiger partial charge is 0.462 e. The van der Waals surface area contributed by atoms with Crippen molar-refractivity contribution in [2.45, 2.75) is 5.12 Å². The molecule has 0 radical (unpaired) electrons. The number of hydrogen-bond donors (Lipinski definition) is 3. The van der Waals surface area contributed by atoms with Crippen LogP contribution in [0.25, 0.3) is 0 Å². The molecule has 0 amide bonds. The van der Waals surface area contributed by atoms with Gasteiger partial charge < -0.3 is 14.6 Å². The maximum Gasteiger partial charge on any atom is 0.355 e. The second-order valence-corrected chi connectivity index (χ2v) is 3.58. The van der Waals surface area contributed by atoms with Crippen LogP contribution in [-0.2, 0) is 15.2 Å². The quantitative estimate of drug-likeness (QED) is 0.422. The Balaban J connectivity index is 3.20. The second-order valence-electron chi connectivity index (χ2n) is 2.06. The van der Waals surface area contributed by atoms with E-state index in [0.29, 0.717) is 0 Å². The summed E-state index contributed by atoms with van der Waals surface area (Å²) in [4.78, 5) is 0. The SMILES string of the molecule is O=S(=O)(O)C(O)(O)c1ccco1. The van der Waals surface area contributed by atoms with E-state index in [0.717, 1.165) is 12.3 Å². The molecular formula is C5H6O6S. The van der Waals surface area contributed by atoms with Crippen LogP contribution in [0.1, 0.15) is 5.76 Å². The standard InChI is InChI=1S/C5H6O6S/c6-5(7,12(8,9)10)4-2-1-3-11-4/h1-3,6-7H,(H,8,9,10). The van der Waals surface area contributed by atoms with Crippen molar-refractivity contribution in [2.24, 2.45) is 0 Å². The minimum absolute atomic E-state index is 0.662. The highest BCUT2D eigenvalue weighted by atomic mass is 32.2. The lowest BCUT2D eigenvalue weighted by molar-refractivity contribution is -0.111. The van der Waals surface area contributed by atoms with E-state index in [2.05, 4.69) is 4.42 Å². The summed E-state index contributed by atoms with van der Waals surface area (Å²) in [5.41, 5.74) is 0. The Kier molecular flexibility index (Phi) is 1.96. The zero-order valence-electron chi connectivity index (χ0n) is 5.71. The topological polar surface area (TPSA) is 108 Å². The van der Waals surface area contributed by atoms with Crippen LogP contribution in [0.15, 0.2) is 22.8 Å². The predicted molar refractivity (Wildman–Crippen MR) is 36.4 cm³/mol. The average Bonchev–Trinajstić information content (AvgIpc) is 2.34. The van der Waals surface area contributed by atoms with Crippen LogP contribution >= 0.6 is 0 Å². The molecule has 0 bridgehead atoms. The van der Waals surface area contributed by atoms with Crippen LogP contribution in [0.5, 0.6) is 0 Å². The van der Waals surface area contributed by atoms with Crippen molar-refractivity contribution in [1.82, 2.24) is 0 Å². The summed E-state index contributed by atoms with van der Waals surface area (Å²) in [6.07, 6.45) is 1.04. The highest BCUT2D eigenvalue weighted by Gasteiger charge is 2.43. The molecule has 1 heterocycles. The monoisotopic (exact) mass is 194 g/mol. The van der Waals surface area contributed by atoms with Crippen LogP contribution < -0.4 is 0 Å². The highest BCUT2D eigenvalue weighted by Crippen LogP contribution is 2.23. The smallest absolute Gasteiger partial charge is 0.355 e. The number of aliphatic hydroxyl groups is 2. The van der Waals surface area contributed by atoms with Gasteiger partial charge in [-0.15, -0.1) is 0 Å². The number of furan rings is 1. The second kappa shape index (κ2) is 2.56. The van der Waals surface area contributed by atoms with Crippen LogP contribution in [0.4, 0.5) is 0 Å². The Bertz CT molecular complexity index is 347. The first kappa shape index (κ1) is 9.20. The summed E-state index contributed by atoms with van der Waals surface area (Å²) >= 11 is 0. The van der Waals surface area contributed by atoms with Crippen molar-refractivity contribution in [3.63, 3.8) is 0 Å². The molecule has 0 aliphatic heterocycles. The molecule has 0 unspecified atom stereocenters. The molecule has 3 N–H and O–H groups in total. The van der Waals surface area contributed by atoms with Gasteiger partial charge in [0.1, 0.15) is 0 Å². The van der Waals surface area contributed by atoms with E-state index in [1.54, 1.807) is 0 Å². The normalized spacial score (nSPS) is 13.2. The third kappa shape index (κ3) is 1.34. The molecule has 0 saturated heterocycles. The molecule has 0 aliphatic carbocycles. The van der Waals surface area contributed by atoms with Gasteiger partial charge in [0.15, 0.2) is 5.76 Å². The molecule has 1 aromatic rings. The van der Waals surface area contributed by atoms with E-state index in [4.69, 9.17) is 14.8 Å². The van der Waals surface area contributed by atoms with Crippen molar-refractivity contribution in [2.75, 3.05) is 0 Å². The third-order valence-electron chi connectivity index (χ3n) is 1.20. The first-order valence-electron chi connectivity index (χ1n) is 2.81. The van der Waals surface area contributed by atoms with Crippen LogP contribution in [0, 0.1) is 0 Å². The summed E-state index contributed by atoms with van der Waals surface area (Å²) in [5, 5.41) is 14.3. The lowest BCUT2D eigenvalue weighted by Crippen LogP contribution is -2.34. The van der Waals surface area contributed by atoms with Crippen molar-refractivity contribution >= 4 is 10.1 Å². The van der Waals surface area contributed by atoms with Gasteiger partial charge >= 0.3 is 15.2 Å². The van der Waals surface area contributed by atoms with Crippen molar-refractivity contribution in [1.29, 1.82) is 0 Å². The van der Waals surface area contributed by atoms with Gasteiger partial charge in [-0.1, -0.05) is 0 Å². The lowest BCUT2D eigenvalue weighted by atomic mass is 10.4. The highest BCUT2D eigenvalue weighted by molar-refractivity contribution is 7.86. The molecule has 12 heavy (non-hydrogen) atoms. The lowest BCUT2D eigenvalue weighted by Gasteiger charge is -2.13. The number of rotatable bonds is 2. The average molecular weight is 194 g/mol. The van der Waals surface area contributed by atoms with Gasteiger partial charge in [-0.3, -0.25) is 4.55 Å². The van der Waals surface area contributed by atoms with Gasteiger partial charge in [-0.2, -0.15) is 8.42 Å². The zero-order valence-corrected chi connectivity index (χ0v) is 6.52. The fraction of sp³-hybridized carbons (Fsp3) is 0.200. The molecule has 1 rings (SSSR count). The Morgan fingerprint density at radius 2 is 2.00 bits per heavy atom. The maximum atomic E-state index is 10.3. The molecule has 0 saturated carbocycles. The van der Waals surface area contributed by atoms with E-state index in [1.807, 2.05) is 0 Å². The molecule has 68 valence electrons. The molecule has 6 nitrogen and oxygen atoms in total. The van der Waals surface area contributed by atoms with Gasteiger partial charge in [-0.25, -0.2) is 0 Å². The van der Waals surface area contributed by atoms with E-state index >= 15 is 0 Å². The maximum absolute atomic E-state index is 10.3. The van der Waals surface area contributed by atoms with Gasteiger partial charge in [0.05, 0.1) is 6.26 Å². The number of hydrogen-bond acceptors (Lipinski definition) is 5. The van der Waals surface area contributed by atoms with E-state index in [9.17, 15) is 8.42 Å². The fourth-order valence-electron chi connectivity index (χ4n) is 0.591. The van der Waals surface area contributed by atoms with E-state index in [-0.39, 0.29) is 0 Å². The van der Waals surface area contributed by atoms with Gasteiger partial charge in [0, 0.05) is 0 Å². The minimum atomic E-state index is -5.01. The Hall–Kier alpha value is -0.890. The van der Waals surface area contributed by atoms with E-state index in [1.165, 1.54) is 6.07 Å². The molecule has 0 spiro atoms. The van der Waals surface area contributed by atoms with Crippen LogP contribution in [-0.4, -0.2) is 23.2 Å². The van der Waals surface area contributed by atoms with Gasteiger partial charge in [0.25, 0.3) is 0 Å². The summed E-state index contributed by atoms with van der Waals surface area (Å²) in [6.45, 7) is 0. The molecule has 0 atom stereocenters. The Labute approximate surface area is 67.8 Å². The summed E-state index contributed by atoms with van der Waals surface area (Å²) in [7, 11) is -5.01. The third-order valence-corrected chi connectivity index (χ3v) is 2.12. The zero-order chi connectivity index (χ0) is 9.41. The molecule has 0 aromatic carbocycles. The summed E-state index contributed by atoms with van der Waals surface area (Å²) in [5.74, 6) is -0.662. The first-order chi connectivity index (χ1) is 5.36. The van der Waals surface area contributed by atoms with Crippen molar-refractivity contribution in [3.05, 3.63) is 24.2 Å². The van der Waals surface area contributed by atoms with Crippen molar-refractivity contribution in [3.8, 4) is 0 Å². The predicted octanol–water partition coefficient (Wildman–Crippen LogP) is -0.738. The van der Waals surface area contributed by atoms with Crippen molar-refractivity contribution < 1.29 is 27.6 Å². The van der Waals surface area contributed by atoms with E-state index < -0.39 is 21.0 Å². The molecule has 0 fully saturated rings. The van der Waals surface area contributed by atoms with Gasteiger partial charge in [-0.05, 0) is 12.1 Å². The molecule has 1 aromatic heterocycles.